The first kappa shape index (κ1) is 17.1. The van der Waals surface area contributed by atoms with E-state index in [1.165, 1.54) is 11.8 Å². The number of Topliss-reactive ketones (excluding diaryl/α,β-unsaturated/α-hetero) is 1. The van der Waals surface area contributed by atoms with Crippen LogP contribution in [0.1, 0.15) is 43.5 Å². The highest BCUT2D eigenvalue weighted by atomic mass is 16.2. The molecule has 1 aromatic rings. The van der Waals surface area contributed by atoms with Crippen molar-refractivity contribution in [3.63, 3.8) is 0 Å². The number of carbonyl (C=O) groups excluding carboxylic acids is 3. The van der Waals surface area contributed by atoms with Gasteiger partial charge in [-0.05, 0) is 25.5 Å². The smallest absolute Gasteiger partial charge is 0.244 e. The van der Waals surface area contributed by atoms with E-state index in [4.69, 9.17) is 0 Å². The second kappa shape index (κ2) is 7.87. The topological polar surface area (TPSA) is 78.5 Å². The zero-order valence-corrected chi connectivity index (χ0v) is 13.6. The molecule has 1 atom stereocenters. The van der Waals surface area contributed by atoms with Crippen LogP contribution in [0.15, 0.2) is 24.3 Å². The van der Waals surface area contributed by atoms with Gasteiger partial charge in [-0.15, -0.1) is 0 Å². The molecule has 0 radical (unpaired) electrons. The van der Waals surface area contributed by atoms with Crippen LogP contribution in [-0.2, 0) is 9.59 Å². The van der Waals surface area contributed by atoms with Gasteiger partial charge in [0.15, 0.2) is 5.78 Å². The Morgan fingerprint density at radius 1 is 1.39 bits per heavy atom. The number of benzene rings is 1. The first-order valence-electron chi connectivity index (χ1n) is 7.91. The lowest BCUT2D eigenvalue weighted by Crippen LogP contribution is -2.52. The van der Waals surface area contributed by atoms with Crippen LogP contribution < -0.4 is 10.6 Å². The highest BCUT2D eigenvalue weighted by molar-refractivity contribution is 5.98. The van der Waals surface area contributed by atoms with Gasteiger partial charge in [-0.25, -0.2) is 0 Å². The number of amides is 2. The molecule has 1 saturated heterocycles. The molecule has 2 rings (SSSR count). The summed E-state index contributed by atoms with van der Waals surface area (Å²) in [4.78, 5) is 37.0. The average molecular weight is 317 g/mol. The summed E-state index contributed by atoms with van der Waals surface area (Å²) in [5.41, 5.74) is 1.10. The van der Waals surface area contributed by atoms with Crippen LogP contribution in [0.2, 0.25) is 0 Å². The van der Waals surface area contributed by atoms with E-state index in [-0.39, 0.29) is 30.2 Å². The standard InChI is InChI=1S/C17H23N3O3/c1-3-5-14-9-17(23)20(11-18-14)10-16(22)19-15-7-4-6-13(8-15)12(2)21/h4,6-8,14,18H,3,5,9-11H2,1-2H3,(H,19,22). The molecule has 1 fully saturated rings. The highest BCUT2D eigenvalue weighted by Gasteiger charge is 2.26. The molecule has 0 bridgehead atoms. The third kappa shape index (κ3) is 4.89. The van der Waals surface area contributed by atoms with Gasteiger partial charge in [0.05, 0.1) is 6.67 Å². The molecule has 1 aliphatic rings. The minimum atomic E-state index is -0.269. The van der Waals surface area contributed by atoms with Gasteiger partial charge in [0.2, 0.25) is 11.8 Å². The van der Waals surface area contributed by atoms with Crippen molar-refractivity contribution >= 4 is 23.3 Å². The molecule has 0 saturated carbocycles. The Bertz CT molecular complexity index is 601. The average Bonchev–Trinajstić information content (AvgIpc) is 2.50. The van der Waals surface area contributed by atoms with Crippen molar-refractivity contribution in [3.05, 3.63) is 29.8 Å². The Morgan fingerprint density at radius 2 is 2.17 bits per heavy atom. The lowest BCUT2D eigenvalue weighted by atomic mass is 10.1. The molecule has 0 aliphatic carbocycles. The van der Waals surface area contributed by atoms with Crippen LogP contribution in [0.3, 0.4) is 0 Å². The van der Waals surface area contributed by atoms with Gasteiger partial charge in [0.25, 0.3) is 0 Å². The van der Waals surface area contributed by atoms with E-state index in [0.29, 0.717) is 24.3 Å². The second-order valence-electron chi connectivity index (χ2n) is 5.83. The molecule has 0 aromatic heterocycles. The molecule has 1 heterocycles. The van der Waals surface area contributed by atoms with E-state index >= 15 is 0 Å². The number of carbonyl (C=O) groups is 3. The number of hydrogen-bond donors (Lipinski definition) is 2. The van der Waals surface area contributed by atoms with Crippen LogP contribution in [0.5, 0.6) is 0 Å². The zero-order valence-electron chi connectivity index (χ0n) is 13.6. The predicted octanol–water partition coefficient (Wildman–Crippen LogP) is 1.78. The summed E-state index contributed by atoms with van der Waals surface area (Å²) in [7, 11) is 0. The van der Waals surface area contributed by atoms with Crippen molar-refractivity contribution in [2.24, 2.45) is 0 Å². The van der Waals surface area contributed by atoms with Crippen LogP contribution in [-0.4, -0.2) is 41.8 Å². The van der Waals surface area contributed by atoms with E-state index in [1.54, 1.807) is 24.3 Å². The minimum Gasteiger partial charge on any atom is -0.325 e. The number of nitrogens with zero attached hydrogens (tertiary/aromatic N) is 1. The van der Waals surface area contributed by atoms with Gasteiger partial charge in [0.1, 0.15) is 6.54 Å². The third-order valence-corrected chi connectivity index (χ3v) is 3.87. The summed E-state index contributed by atoms with van der Waals surface area (Å²) in [5.74, 6) is -0.330. The Hall–Kier alpha value is -2.21. The molecule has 1 aliphatic heterocycles. The quantitative estimate of drug-likeness (QED) is 0.784. The first-order valence-corrected chi connectivity index (χ1v) is 7.91. The van der Waals surface area contributed by atoms with E-state index in [0.717, 1.165) is 12.8 Å². The third-order valence-electron chi connectivity index (χ3n) is 3.87. The van der Waals surface area contributed by atoms with Crippen molar-refractivity contribution in [1.82, 2.24) is 10.2 Å². The predicted molar refractivity (Wildman–Crippen MR) is 88.1 cm³/mol. The van der Waals surface area contributed by atoms with Gasteiger partial charge in [-0.3, -0.25) is 19.7 Å². The van der Waals surface area contributed by atoms with Crippen molar-refractivity contribution in [2.45, 2.75) is 39.2 Å². The molecule has 6 heteroatoms. The molecular formula is C17H23N3O3. The fourth-order valence-corrected chi connectivity index (χ4v) is 2.63. The van der Waals surface area contributed by atoms with E-state index in [1.807, 2.05) is 0 Å². The van der Waals surface area contributed by atoms with E-state index < -0.39 is 0 Å². The number of nitrogens with one attached hydrogen (secondary N) is 2. The number of hydrogen-bond acceptors (Lipinski definition) is 4. The normalized spacial score (nSPS) is 17.9. The lowest BCUT2D eigenvalue weighted by Gasteiger charge is -2.32. The molecule has 23 heavy (non-hydrogen) atoms. The Kier molecular flexibility index (Phi) is 5.87. The van der Waals surface area contributed by atoms with Gasteiger partial charge >= 0.3 is 0 Å². The maximum Gasteiger partial charge on any atom is 0.244 e. The zero-order chi connectivity index (χ0) is 16.8. The van der Waals surface area contributed by atoms with Gasteiger partial charge in [-0.1, -0.05) is 25.5 Å². The molecule has 2 amide bonds. The molecule has 2 N–H and O–H groups in total. The van der Waals surface area contributed by atoms with Crippen molar-refractivity contribution in [2.75, 3.05) is 18.5 Å². The summed E-state index contributed by atoms with van der Waals surface area (Å²) >= 11 is 0. The van der Waals surface area contributed by atoms with Crippen molar-refractivity contribution in [1.29, 1.82) is 0 Å². The lowest BCUT2D eigenvalue weighted by molar-refractivity contribution is -0.138. The Labute approximate surface area is 136 Å². The van der Waals surface area contributed by atoms with Crippen molar-refractivity contribution in [3.8, 4) is 0 Å². The van der Waals surface area contributed by atoms with Gasteiger partial charge < -0.3 is 10.2 Å². The molecular weight excluding hydrogens is 294 g/mol. The Morgan fingerprint density at radius 3 is 2.83 bits per heavy atom. The van der Waals surface area contributed by atoms with E-state index in [9.17, 15) is 14.4 Å². The van der Waals surface area contributed by atoms with Crippen LogP contribution in [0.25, 0.3) is 0 Å². The monoisotopic (exact) mass is 317 g/mol. The fraction of sp³-hybridized carbons (Fsp3) is 0.471. The molecule has 1 aromatic carbocycles. The van der Waals surface area contributed by atoms with Gasteiger partial charge in [-0.2, -0.15) is 0 Å². The second-order valence-corrected chi connectivity index (χ2v) is 5.83. The SMILES string of the molecule is CCCC1CC(=O)N(CC(=O)Nc2cccc(C(C)=O)c2)CN1. The summed E-state index contributed by atoms with van der Waals surface area (Å²) in [6.07, 6.45) is 2.42. The summed E-state index contributed by atoms with van der Waals surface area (Å²) in [6.45, 7) is 3.96. The van der Waals surface area contributed by atoms with Crippen LogP contribution >= 0.6 is 0 Å². The largest absolute Gasteiger partial charge is 0.325 e. The minimum absolute atomic E-state index is 0.00478. The number of ketones is 1. The van der Waals surface area contributed by atoms with Crippen molar-refractivity contribution < 1.29 is 14.4 Å². The molecule has 124 valence electrons. The summed E-state index contributed by atoms with van der Waals surface area (Å²) in [5, 5.41) is 6.00. The van der Waals surface area contributed by atoms with Crippen LogP contribution in [0, 0.1) is 0 Å². The molecule has 0 spiro atoms. The first-order chi connectivity index (χ1) is 11.0. The maximum atomic E-state index is 12.1. The Balaban J connectivity index is 1.89. The summed E-state index contributed by atoms with van der Waals surface area (Å²) in [6, 6.07) is 6.98. The fourth-order valence-electron chi connectivity index (χ4n) is 2.63. The number of rotatable bonds is 6. The van der Waals surface area contributed by atoms with Crippen LogP contribution in [0.4, 0.5) is 5.69 Å². The summed E-state index contributed by atoms with van der Waals surface area (Å²) < 4.78 is 0. The molecule has 1 unspecified atom stereocenters. The van der Waals surface area contributed by atoms with Gasteiger partial charge in [0, 0.05) is 23.7 Å². The number of anilines is 1. The highest BCUT2D eigenvalue weighted by Crippen LogP contribution is 2.13. The maximum absolute atomic E-state index is 12.1. The molecule has 6 nitrogen and oxygen atoms in total. The van der Waals surface area contributed by atoms with E-state index in [2.05, 4.69) is 17.6 Å².